The third kappa shape index (κ3) is 2.19. The molecule has 0 spiro atoms. The SMILES string of the molecule is BrCC1(Cn2cnc3ccccc32)CCOCC1. The lowest BCUT2D eigenvalue weighted by Crippen LogP contribution is -2.35. The van der Waals surface area contributed by atoms with Crippen LogP contribution in [0.5, 0.6) is 0 Å². The molecule has 2 heterocycles. The van der Waals surface area contributed by atoms with Gasteiger partial charge in [-0.05, 0) is 25.0 Å². The van der Waals surface area contributed by atoms with Crippen LogP contribution in [0, 0.1) is 5.41 Å². The van der Waals surface area contributed by atoms with Crippen molar-refractivity contribution in [1.82, 2.24) is 9.55 Å². The van der Waals surface area contributed by atoms with Gasteiger partial charge in [-0.3, -0.25) is 0 Å². The summed E-state index contributed by atoms with van der Waals surface area (Å²) in [4.78, 5) is 4.47. The first-order valence-electron chi connectivity index (χ1n) is 6.37. The molecule has 0 aliphatic carbocycles. The topological polar surface area (TPSA) is 27.1 Å². The zero-order valence-electron chi connectivity index (χ0n) is 10.3. The van der Waals surface area contributed by atoms with Crippen LogP contribution < -0.4 is 0 Å². The maximum absolute atomic E-state index is 5.49. The number of halogens is 1. The Bertz CT molecular complexity index is 531. The first kappa shape index (κ1) is 12.2. The van der Waals surface area contributed by atoms with Crippen molar-refractivity contribution in [1.29, 1.82) is 0 Å². The number of para-hydroxylation sites is 2. The second-order valence-corrected chi connectivity index (χ2v) is 5.67. The quantitative estimate of drug-likeness (QED) is 0.814. The van der Waals surface area contributed by atoms with Gasteiger partial charge < -0.3 is 9.30 Å². The molecule has 0 atom stereocenters. The van der Waals surface area contributed by atoms with Gasteiger partial charge >= 0.3 is 0 Å². The van der Waals surface area contributed by atoms with Crippen LogP contribution in [0.25, 0.3) is 11.0 Å². The predicted molar refractivity (Wildman–Crippen MR) is 76.0 cm³/mol. The normalized spacial score (nSPS) is 19.2. The third-order valence-electron chi connectivity index (χ3n) is 3.87. The molecule has 0 saturated carbocycles. The van der Waals surface area contributed by atoms with Crippen molar-refractivity contribution >= 4 is 27.0 Å². The van der Waals surface area contributed by atoms with Crippen LogP contribution in [0.15, 0.2) is 30.6 Å². The van der Waals surface area contributed by atoms with Crippen LogP contribution in [0.3, 0.4) is 0 Å². The van der Waals surface area contributed by atoms with E-state index >= 15 is 0 Å². The number of fused-ring (bicyclic) bond motifs is 1. The summed E-state index contributed by atoms with van der Waals surface area (Å²) in [6.07, 6.45) is 4.19. The van der Waals surface area contributed by atoms with Crippen LogP contribution in [0.4, 0.5) is 0 Å². The Kier molecular flexibility index (Phi) is 3.39. The number of nitrogens with zero attached hydrogens (tertiary/aromatic N) is 2. The first-order chi connectivity index (χ1) is 8.83. The zero-order valence-corrected chi connectivity index (χ0v) is 11.9. The lowest BCUT2D eigenvalue weighted by Gasteiger charge is -2.36. The summed E-state index contributed by atoms with van der Waals surface area (Å²) in [5.74, 6) is 0. The van der Waals surface area contributed by atoms with E-state index in [4.69, 9.17) is 4.74 Å². The van der Waals surface area contributed by atoms with E-state index in [0.29, 0.717) is 5.41 Å². The van der Waals surface area contributed by atoms with E-state index in [-0.39, 0.29) is 0 Å². The van der Waals surface area contributed by atoms with Crippen molar-refractivity contribution in [3.05, 3.63) is 30.6 Å². The van der Waals surface area contributed by atoms with Crippen LogP contribution in [0.1, 0.15) is 12.8 Å². The molecule has 1 aromatic carbocycles. The zero-order chi connectivity index (χ0) is 12.4. The highest BCUT2D eigenvalue weighted by Gasteiger charge is 2.32. The molecule has 0 N–H and O–H groups in total. The maximum Gasteiger partial charge on any atom is 0.0958 e. The van der Waals surface area contributed by atoms with Crippen molar-refractivity contribution in [2.75, 3.05) is 18.5 Å². The van der Waals surface area contributed by atoms with Crippen LogP contribution in [0.2, 0.25) is 0 Å². The number of hydrogen-bond donors (Lipinski definition) is 0. The van der Waals surface area contributed by atoms with Gasteiger partial charge in [-0.2, -0.15) is 0 Å². The van der Waals surface area contributed by atoms with Gasteiger partial charge in [-0.15, -0.1) is 0 Å². The lowest BCUT2D eigenvalue weighted by molar-refractivity contribution is 0.0191. The van der Waals surface area contributed by atoms with Gasteiger partial charge in [0.1, 0.15) is 0 Å². The van der Waals surface area contributed by atoms with E-state index in [0.717, 1.165) is 43.4 Å². The number of aromatic nitrogens is 2. The Morgan fingerprint density at radius 2 is 2.06 bits per heavy atom. The molecule has 2 aromatic rings. The molecule has 0 bridgehead atoms. The van der Waals surface area contributed by atoms with Gasteiger partial charge in [0.25, 0.3) is 0 Å². The lowest BCUT2D eigenvalue weighted by atomic mass is 9.82. The molecule has 1 saturated heterocycles. The van der Waals surface area contributed by atoms with E-state index in [1.165, 1.54) is 5.52 Å². The van der Waals surface area contributed by atoms with Gasteiger partial charge in [0.15, 0.2) is 0 Å². The minimum absolute atomic E-state index is 0.307. The van der Waals surface area contributed by atoms with Crippen molar-refractivity contribution in [3.63, 3.8) is 0 Å². The number of imidazole rings is 1. The fraction of sp³-hybridized carbons (Fsp3) is 0.500. The van der Waals surface area contributed by atoms with Crippen molar-refractivity contribution in [2.24, 2.45) is 5.41 Å². The molecule has 96 valence electrons. The molecule has 1 fully saturated rings. The molecule has 0 unspecified atom stereocenters. The van der Waals surface area contributed by atoms with E-state index in [1.54, 1.807) is 0 Å². The molecule has 3 nitrogen and oxygen atoms in total. The first-order valence-corrected chi connectivity index (χ1v) is 7.49. The number of ether oxygens (including phenoxy) is 1. The molecule has 1 aliphatic heterocycles. The summed E-state index contributed by atoms with van der Waals surface area (Å²) < 4.78 is 7.77. The summed E-state index contributed by atoms with van der Waals surface area (Å²) in [5, 5.41) is 1.02. The Hall–Kier alpha value is -0.870. The van der Waals surface area contributed by atoms with E-state index < -0.39 is 0 Å². The molecule has 0 amide bonds. The Morgan fingerprint density at radius 1 is 1.28 bits per heavy atom. The predicted octanol–water partition coefficient (Wildman–Crippen LogP) is 3.23. The fourth-order valence-electron chi connectivity index (χ4n) is 2.64. The molecule has 18 heavy (non-hydrogen) atoms. The maximum atomic E-state index is 5.49. The largest absolute Gasteiger partial charge is 0.381 e. The van der Waals surface area contributed by atoms with E-state index in [9.17, 15) is 0 Å². The minimum atomic E-state index is 0.307. The summed E-state index contributed by atoms with van der Waals surface area (Å²) in [6.45, 7) is 2.76. The number of alkyl halides is 1. The van der Waals surface area contributed by atoms with Crippen molar-refractivity contribution in [3.8, 4) is 0 Å². The molecular formula is C14H17BrN2O. The van der Waals surface area contributed by atoms with Gasteiger partial charge in [0, 0.05) is 30.5 Å². The van der Waals surface area contributed by atoms with Crippen LogP contribution in [-0.2, 0) is 11.3 Å². The van der Waals surface area contributed by atoms with E-state index in [1.807, 2.05) is 12.4 Å². The summed E-state index contributed by atoms with van der Waals surface area (Å²) in [6, 6.07) is 8.32. The van der Waals surface area contributed by atoms with Crippen molar-refractivity contribution < 1.29 is 4.74 Å². The fourth-order valence-corrected chi connectivity index (χ4v) is 3.37. The van der Waals surface area contributed by atoms with Crippen LogP contribution >= 0.6 is 15.9 Å². The molecule has 4 heteroatoms. The number of benzene rings is 1. The Labute approximate surface area is 115 Å². The minimum Gasteiger partial charge on any atom is -0.381 e. The summed E-state index contributed by atoms with van der Waals surface area (Å²) in [5.41, 5.74) is 2.61. The van der Waals surface area contributed by atoms with Crippen LogP contribution in [-0.4, -0.2) is 28.1 Å². The van der Waals surface area contributed by atoms with Gasteiger partial charge in [0.05, 0.1) is 17.4 Å². The van der Waals surface area contributed by atoms with Gasteiger partial charge in [-0.1, -0.05) is 28.1 Å². The molecule has 1 aliphatic rings. The second kappa shape index (κ2) is 5.02. The van der Waals surface area contributed by atoms with E-state index in [2.05, 4.69) is 43.7 Å². The van der Waals surface area contributed by atoms with Crippen molar-refractivity contribution in [2.45, 2.75) is 19.4 Å². The summed E-state index contributed by atoms with van der Waals surface area (Å²) in [7, 11) is 0. The van der Waals surface area contributed by atoms with Gasteiger partial charge in [0.2, 0.25) is 0 Å². The smallest absolute Gasteiger partial charge is 0.0958 e. The molecule has 0 radical (unpaired) electrons. The second-order valence-electron chi connectivity index (χ2n) is 5.11. The highest BCUT2D eigenvalue weighted by molar-refractivity contribution is 9.09. The third-order valence-corrected chi connectivity index (χ3v) is 5.06. The Balaban J connectivity index is 1.90. The highest BCUT2D eigenvalue weighted by Crippen LogP contribution is 2.35. The summed E-state index contributed by atoms with van der Waals surface area (Å²) >= 11 is 3.69. The average Bonchev–Trinajstić information content (AvgIpc) is 2.83. The average molecular weight is 309 g/mol. The molecule has 1 aromatic heterocycles. The molecular weight excluding hydrogens is 292 g/mol. The molecule has 3 rings (SSSR count). The Morgan fingerprint density at radius 3 is 2.83 bits per heavy atom. The number of rotatable bonds is 3. The number of hydrogen-bond acceptors (Lipinski definition) is 2. The highest BCUT2D eigenvalue weighted by atomic mass is 79.9. The monoisotopic (exact) mass is 308 g/mol. The van der Waals surface area contributed by atoms with Gasteiger partial charge in [-0.25, -0.2) is 4.98 Å². The standard InChI is InChI=1S/C14H17BrN2O/c15-9-14(5-7-18-8-6-14)10-17-11-16-12-3-1-2-4-13(12)17/h1-4,11H,5-10H2.